The molecule has 0 aliphatic carbocycles. The summed E-state index contributed by atoms with van der Waals surface area (Å²) in [6.07, 6.45) is 6.02. The molecule has 0 bridgehead atoms. The molecular formula is C15H30N2O3. The third kappa shape index (κ3) is 10.8. The van der Waals surface area contributed by atoms with Crippen molar-refractivity contribution in [2.45, 2.75) is 71.3 Å². The van der Waals surface area contributed by atoms with Gasteiger partial charge in [0.05, 0.1) is 0 Å². The number of aliphatic carboxylic acids is 1. The molecule has 0 aliphatic heterocycles. The summed E-state index contributed by atoms with van der Waals surface area (Å²) in [5, 5.41) is 11.6. The minimum absolute atomic E-state index is 0.000525. The molecule has 0 fully saturated rings. The summed E-state index contributed by atoms with van der Waals surface area (Å²) in [6, 6.07) is -0.0570. The van der Waals surface area contributed by atoms with E-state index in [1.165, 1.54) is 0 Å². The van der Waals surface area contributed by atoms with Crippen LogP contribution in [0.3, 0.4) is 0 Å². The lowest BCUT2D eigenvalue weighted by molar-refractivity contribution is -0.137. The number of hydrogen-bond acceptors (Lipinski definition) is 3. The van der Waals surface area contributed by atoms with Crippen LogP contribution in [0.5, 0.6) is 0 Å². The van der Waals surface area contributed by atoms with Crippen LogP contribution < -0.4 is 11.1 Å². The van der Waals surface area contributed by atoms with E-state index in [1.807, 2.05) is 0 Å². The van der Waals surface area contributed by atoms with E-state index in [4.69, 9.17) is 10.8 Å². The van der Waals surface area contributed by atoms with E-state index in [1.54, 1.807) is 0 Å². The van der Waals surface area contributed by atoms with Crippen molar-refractivity contribution in [2.24, 2.45) is 11.7 Å². The predicted molar refractivity (Wildman–Crippen MR) is 80.4 cm³/mol. The zero-order valence-electron chi connectivity index (χ0n) is 12.9. The molecule has 0 rings (SSSR count). The molecule has 0 radical (unpaired) electrons. The maximum Gasteiger partial charge on any atom is 0.303 e. The summed E-state index contributed by atoms with van der Waals surface area (Å²) in [4.78, 5) is 22.2. The van der Waals surface area contributed by atoms with Crippen LogP contribution in [0.1, 0.15) is 65.2 Å². The van der Waals surface area contributed by atoms with Gasteiger partial charge in [-0.2, -0.15) is 0 Å². The SMILES string of the molecule is CCCC(N)CC(=O)NCCC(CCC)CCC(=O)O. The largest absolute Gasteiger partial charge is 0.481 e. The van der Waals surface area contributed by atoms with Gasteiger partial charge in [-0.1, -0.05) is 33.1 Å². The number of carboxylic acids is 1. The Balaban J connectivity index is 3.85. The molecule has 4 N–H and O–H groups in total. The quantitative estimate of drug-likeness (QED) is 0.513. The Bertz CT molecular complexity index is 282. The predicted octanol–water partition coefficient (Wildman–Crippen LogP) is 2.29. The maximum absolute atomic E-state index is 11.6. The summed E-state index contributed by atoms with van der Waals surface area (Å²) in [6.45, 7) is 4.76. The van der Waals surface area contributed by atoms with E-state index in [0.717, 1.165) is 32.1 Å². The Kier molecular flexibility index (Phi) is 11.1. The standard InChI is InChI=1S/C15H30N2O3/c1-3-5-12(7-8-15(19)20)9-10-17-14(18)11-13(16)6-4-2/h12-13H,3-11,16H2,1-2H3,(H,17,18)(H,19,20). The highest BCUT2D eigenvalue weighted by atomic mass is 16.4. The summed E-state index contributed by atoms with van der Waals surface area (Å²) in [5.74, 6) is -0.374. The van der Waals surface area contributed by atoms with Crippen LogP contribution in [0.4, 0.5) is 0 Å². The fraction of sp³-hybridized carbons (Fsp3) is 0.867. The number of rotatable bonds is 12. The number of carbonyl (C=O) groups excluding carboxylic acids is 1. The second kappa shape index (κ2) is 11.7. The Morgan fingerprint density at radius 1 is 1.10 bits per heavy atom. The maximum atomic E-state index is 11.6. The van der Waals surface area contributed by atoms with Gasteiger partial charge in [-0.15, -0.1) is 0 Å². The summed E-state index contributed by atoms with van der Waals surface area (Å²) in [5.41, 5.74) is 5.82. The van der Waals surface area contributed by atoms with Gasteiger partial charge >= 0.3 is 5.97 Å². The van der Waals surface area contributed by atoms with Crippen LogP contribution in [-0.2, 0) is 9.59 Å². The summed E-state index contributed by atoms with van der Waals surface area (Å²) in [7, 11) is 0. The van der Waals surface area contributed by atoms with Gasteiger partial charge in [0.1, 0.15) is 0 Å². The molecule has 0 spiro atoms. The highest BCUT2D eigenvalue weighted by Gasteiger charge is 2.12. The normalized spacial score (nSPS) is 13.8. The average molecular weight is 286 g/mol. The van der Waals surface area contributed by atoms with E-state index >= 15 is 0 Å². The smallest absolute Gasteiger partial charge is 0.303 e. The lowest BCUT2D eigenvalue weighted by Crippen LogP contribution is -2.32. The van der Waals surface area contributed by atoms with E-state index in [0.29, 0.717) is 25.3 Å². The fourth-order valence-electron chi connectivity index (χ4n) is 2.37. The van der Waals surface area contributed by atoms with Crippen molar-refractivity contribution < 1.29 is 14.7 Å². The second-order valence-corrected chi connectivity index (χ2v) is 5.48. The zero-order valence-corrected chi connectivity index (χ0v) is 12.9. The monoisotopic (exact) mass is 286 g/mol. The van der Waals surface area contributed by atoms with E-state index < -0.39 is 5.97 Å². The van der Waals surface area contributed by atoms with Gasteiger partial charge in [-0.25, -0.2) is 0 Å². The number of nitrogens with one attached hydrogen (secondary N) is 1. The number of carbonyl (C=O) groups is 2. The average Bonchev–Trinajstić information content (AvgIpc) is 2.35. The summed E-state index contributed by atoms with van der Waals surface area (Å²) < 4.78 is 0. The third-order valence-electron chi connectivity index (χ3n) is 3.45. The molecule has 2 atom stereocenters. The van der Waals surface area contributed by atoms with Gasteiger partial charge in [0.15, 0.2) is 0 Å². The van der Waals surface area contributed by atoms with Crippen LogP contribution in [0, 0.1) is 5.92 Å². The fourth-order valence-corrected chi connectivity index (χ4v) is 2.37. The van der Waals surface area contributed by atoms with Gasteiger partial charge in [-0.3, -0.25) is 9.59 Å². The van der Waals surface area contributed by atoms with Crippen molar-refractivity contribution in [2.75, 3.05) is 6.54 Å². The first kappa shape index (κ1) is 18.9. The first-order valence-corrected chi connectivity index (χ1v) is 7.73. The van der Waals surface area contributed by atoms with Crippen molar-refractivity contribution in [3.63, 3.8) is 0 Å². The van der Waals surface area contributed by atoms with E-state index in [-0.39, 0.29) is 18.4 Å². The minimum atomic E-state index is -0.749. The van der Waals surface area contributed by atoms with Crippen LogP contribution in [0.25, 0.3) is 0 Å². The van der Waals surface area contributed by atoms with Gasteiger partial charge in [0, 0.05) is 25.4 Å². The molecule has 0 aromatic carbocycles. The molecule has 118 valence electrons. The molecule has 0 aromatic heterocycles. The van der Waals surface area contributed by atoms with Crippen LogP contribution in [-0.4, -0.2) is 29.6 Å². The number of amides is 1. The lowest BCUT2D eigenvalue weighted by atomic mass is 9.94. The molecule has 0 saturated carbocycles. The minimum Gasteiger partial charge on any atom is -0.481 e. The first-order chi connectivity index (χ1) is 9.49. The summed E-state index contributed by atoms with van der Waals surface area (Å²) >= 11 is 0. The molecule has 0 heterocycles. The van der Waals surface area contributed by atoms with Crippen molar-refractivity contribution >= 4 is 11.9 Å². The molecule has 20 heavy (non-hydrogen) atoms. The highest BCUT2D eigenvalue weighted by molar-refractivity contribution is 5.76. The highest BCUT2D eigenvalue weighted by Crippen LogP contribution is 2.17. The van der Waals surface area contributed by atoms with Gasteiger partial charge < -0.3 is 16.2 Å². The molecule has 5 heteroatoms. The van der Waals surface area contributed by atoms with Gasteiger partial charge in [-0.05, 0) is 25.2 Å². The Morgan fingerprint density at radius 3 is 2.30 bits per heavy atom. The number of nitrogens with two attached hydrogens (primary N) is 1. The molecule has 0 aromatic rings. The molecule has 5 nitrogen and oxygen atoms in total. The van der Waals surface area contributed by atoms with Gasteiger partial charge in [0.2, 0.25) is 5.91 Å². The van der Waals surface area contributed by atoms with Crippen molar-refractivity contribution in [1.82, 2.24) is 5.32 Å². The van der Waals surface area contributed by atoms with Crippen molar-refractivity contribution in [1.29, 1.82) is 0 Å². The number of hydrogen-bond donors (Lipinski definition) is 3. The van der Waals surface area contributed by atoms with Crippen LogP contribution >= 0.6 is 0 Å². The van der Waals surface area contributed by atoms with Crippen molar-refractivity contribution in [3.8, 4) is 0 Å². The molecular weight excluding hydrogens is 256 g/mol. The topological polar surface area (TPSA) is 92.4 Å². The third-order valence-corrected chi connectivity index (χ3v) is 3.45. The zero-order chi connectivity index (χ0) is 15.4. The molecule has 1 amide bonds. The first-order valence-electron chi connectivity index (χ1n) is 7.73. The van der Waals surface area contributed by atoms with E-state index in [2.05, 4.69) is 19.2 Å². The van der Waals surface area contributed by atoms with Crippen LogP contribution in [0.15, 0.2) is 0 Å². The Hall–Kier alpha value is -1.10. The molecule has 2 unspecified atom stereocenters. The van der Waals surface area contributed by atoms with Crippen LogP contribution in [0.2, 0.25) is 0 Å². The Labute approximate surface area is 122 Å². The number of carboxylic acid groups (broad SMARTS) is 1. The van der Waals surface area contributed by atoms with Gasteiger partial charge in [0.25, 0.3) is 0 Å². The van der Waals surface area contributed by atoms with Crippen molar-refractivity contribution in [3.05, 3.63) is 0 Å². The second-order valence-electron chi connectivity index (χ2n) is 5.48. The molecule has 0 saturated heterocycles. The Morgan fingerprint density at radius 2 is 1.75 bits per heavy atom. The molecule has 0 aliphatic rings. The van der Waals surface area contributed by atoms with E-state index in [9.17, 15) is 9.59 Å². The lowest BCUT2D eigenvalue weighted by Gasteiger charge is -2.16.